The Morgan fingerprint density at radius 2 is 1.34 bits per heavy atom. The molecular weight excluding hydrogens is 502 g/mol. The fraction of sp³-hybridized carbons (Fsp3) is 0.182. The Morgan fingerprint density at radius 3 is 1.83 bits per heavy atom. The van der Waals surface area contributed by atoms with Gasteiger partial charge in [-0.15, -0.1) is 0 Å². The normalized spacial score (nSPS) is 11.8. The highest BCUT2D eigenvalue weighted by atomic mass is 19.3. The van der Waals surface area contributed by atoms with Crippen LogP contribution in [0.1, 0.15) is 18.1 Å². The molecule has 3 rings (SSSR count). The molecule has 0 amide bonds. The van der Waals surface area contributed by atoms with Gasteiger partial charge in [-0.25, -0.2) is 26.3 Å². The first-order chi connectivity index (χ1) is 16.3. The minimum absolute atomic E-state index is 0.0331. The highest BCUT2D eigenvalue weighted by Crippen LogP contribution is 2.44. The number of alkyl halides is 4. The third kappa shape index (κ3) is 5.08. The van der Waals surface area contributed by atoms with Gasteiger partial charge < -0.3 is 14.6 Å². The molecule has 0 aromatic heterocycles. The van der Waals surface area contributed by atoms with E-state index in [4.69, 9.17) is 0 Å². The highest BCUT2D eigenvalue weighted by Gasteiger charge is 2.43. The maximum absolute atomic E-state index is 15.0. The first kappa shape index (κ1) is 26.0. The lowest BCUT2D eigenvalue weighted by Crippen LogP contribution is -2.26. The molecule has 0 aliphatic rings. The highest BCUT2D eigenvalue weighted by molar-refractivity contribution is 5.73. The van der Waals surface area contributed by atoms with Crippen molar-refractivity contribution in [3.63, 3.8) is 0 Å². The lowest BCUT2D eigenvalue weighted by molar-refractivity contribution is -0.189. The van der Waals surface area contributed by atoms with E-state index in [0.29, 0.717) is 0 Å². The summed E-state index contributed by atoms with van der Waals surface area (Å²) in [6.45, 7) is -2.14. The first-order valence-corrected chi connectivity index (χ1v) is 9.47. The number of benzene rings is 3. The van der Waals surface area contributed by atoms with Crippen molar-refractivity contribution in [2.75, 3.05) is 0 Å². The Hall–Kier alpha value is -3.64. The Bertz CT molecular complexity index is 1230. The maximum Gasteiger partial charge on any atom is 0.432 e. The van der Waals surface area contributed by atoms with Crippen LogP contribution in [-0.4, -0.2) is 11.7 Å². The van der Waals surface area contributed by atoms with Gasteiger partial charge in [-0.2, -0.15) is 17.6 Å². The number of ether oxygens (including phenoxy) is 2. The Labute approximate surface area is 190 Å². The van der Waals surface area contributed by atoms with Gasteiger partial charge in [0.1, 0.15) is 34.5 Å². The molecule has 13 heteroatoms. The summed E-state index contributed by atoms with van der Waals surface area (Å²) in [4.78, 5) is 0. The quantitative estimate of drug-likeness (QED) is 0.340. The van der Waals surface area contributed by atoms with E-state index in [1.54, 1.807) is 0 Å². The van der Waals surface area contributed by atoms with Crippen LogP contribution in [0.25, 0.3) is 11.1 Å². The van der Waals surface area contributed by atoms with Crippen LogP contribution < -0.4 is 9.47 Å². The van der Waals surface area contributed by atoms with Crippen molar-refractivity contribution >= 4 is 0 Å². The molecule has 0 atom stereocenters. The average Bonchev–Trinajstić information content (AvgIpc) is 2.71. The number of aryl methyl sites for hydroxylation is 1. The van der Waals surface area contributed by atoms with Crippen LogP contribution in [-0.2, 0) is 12.5 Å². The Morgan fingerprint density at radius 1 is 0.800 bits per heavy atom. The molecule has 3 aromatic carbocycles. The second-order valence-electron chi connectivity index (χ2n) is 6.94. The summed E-state index contributed by atoms with van der Waals surface area (Å²) in [6, 6.07) is 1.34. The van der Waals surface area contributed by atoms with Crippen molar-refractivity contribution in [1.82, 2.24) is 0 Å². The molecule has 0 aliphatic heterocycles. The van der Waals surface area contributed by atoms with Gasteiger partial charge in [0, 0.05) is 18.2 Å². The fourth-order valence-electron chi connectivity index (χ4n) is 3.18. The second-order valence-corrected chi connectivity index (χ2v) is 6.94. The molecule has 0 heterocycles. The van der Waals surface area contributed by atoms with Gasteiger partial charge in [0.15, 0.2) is 23.2 Å². The molecule has 0 radical (unpaired) electrons. The number of halogens is 10. The molecule has 0 fully saturated rings. The number of phenolic OH excluding ortho intramolecular Hbond substituents is 1. The molecule has 35 heavy (non-hydrogen) atoms. The van der Waals surface area contributed by atoms with Crippen molar-refractivity contribution in [2.45, 2.75) is 26.1 Å². The predicted molar refractivity (Wildman–Crippen MR) is 100 cm³/mol. The van der Waals surface area contributed by atoms with E-state index < -0.39 is 81.6 Å². The summed E-state index contributed by atoms with van der Waals surface area (Å²) in [6.07, 6.45) is -4.95. The lowest BCUT2D eigenvalue weighted by atomic mass is 9.97. The van der Waals surface area contributed by atoms with Gasteiger partial charge in [0.05, 0.1) is 11.1 Å². The third-order valence-corrected chi connectivity index (χ3v) is 4.67. The van der Waals surface area contributed by atoms with Gasteiger partial charge in [0.25, 0.3) is 0 Å². The number of hydrogen-bond donors (Lipinski definition) is 1. The molecule has 1 N–H and O–H groups in total. The van der Waals surface area contributed by atoms with Crippen LogP contribution in [0.4, 0.5) is 43.9 Å². The minimum atomic E-state index is -5.09. The van der Waals surface area contributed by atoms with Crippen molar-refractivity contribution in [1.29, 1.82) is 0 Å². The Kier molecular flexibility index (Phi) is 7.08. The van der Waals surface area contributed by atoms with Crippen LogP contribution in [0.2, 0.25) is 0 Å². The summed E-state index contributed by atoms with van der Waals surface area (Å²) in [5.41, 5.74) is -4.93. The zero-order valence-corrected chi connectivity index (χ0v) is 17.2. The van der Waals surface area contributed by atoms with E-state index in [1.807, 2.05) is 0 Å². The van der Waals surface area contributed by atoms with Crippen LogP contribution in [0.15, 0.2) is 30.3 Å². The van der Waals surface area contributed by atoms with E-state index in [2.05, 4.69) is 9.47 Å². The summed E-state index contributed by atoms with van der Waals surface area (Å²) in [7, 11) is 0. The smallest absolute Gasteiger partial charge is 0.432 e. The number of hydrogen-bond acceptors (Lipinski definition) is 3. The van der Waals surface area contributed by atoms with Crippen LogP contribution in [0.5, 0.6) is 17.2 Å². The zero-order chi connectivity index (χ0) is 26.2. The maximum atomic E-state index is 15.0. The largest absolute Gasteiger partial charge is 0.507 e. The third-order valence-electron chi connectivity index (χ3n) is 4.67. The van der Waals surface area contributed by atoms with Crippen molar-refractivity contribution in [3.8, 4) is 28.4 Å². The van der Waals surface area contributed by atoms with Crippen molar-refractivity contribution in [3.05, 3.63) is 76.4 Å². The molecule has 0 saturated carbocycles. The zero-order valence-electron chi connectivity index (χ0n) is 17.2. The lowest BCUT2D eigenvalue weighted by Gasteiger charge is -2.22. The molecule has 3 aromatic rings. The summed E-state index contributed by atoms with van der Waals surface area (Å²) >= 11 is 0. The minimum Gasteiger partial charge on any atom is -0.507 e. The van der Waals surface area contributed by atoms with Crippen LogP contribution >= 0.6 is 0 Å². The van der Waals surface area contributed by atoms with E-state index in [0.717, 1.165) is 12.1 Å². The molecule has 0 spiro atoms. The van der Waals surface area contributed by atoms with Crippen molar-refractivity contribution in [2.24, 2.45) is 0 Å². The number of rotatable bonds is 7. The van der Waals surface area contributed by atoms with Gasteiger partial charge >= 0.3 is 12.7 Å². The van der Waals surface area contributed by atoms with Gasteiger partial charge in [-0.3, -0.25) is 0 Å². The topological polar surface area (TPSA) is 38.7 Å². The molecule has 0 unspecified atom stereocenters. The van der Waals surface area contributed by atoms with Gasteiger partial charge in [-0.1, -0.05) is 6.92 Å². The Balaban J connectivity index is 2.12. The number of phenols is 1. The molecule has 188 valence electrons. The molecule has 0 bridgehead atoms. The predicted octanol–water partition coefficient (Wildman–Crippen LogP) is 7.19. The van der Waals surface area contributed by atoms with E-state index in [-0.39, 0.29) is 30.2 Å². The average molecular weight is 514 g/mol. The number of aromatic hydroxyl groups is 1. The monoisotopic (exact) mass is 514 g/mol. The summed E-state index contributed by atoms with van der Waals surface area (Å²) in [5.74, 6) is -15.7. The van der Waals surface area contributed by atoms with Crippen LogP contribution in [0, 0.1) is 34.9 Å². The second kappa shape index (κ2) is 9.55. The van der Waals surface area contributed by atoms with Crippen LogP contribution in [0.3, 0.4) is 0 Å². The van der Waals surface area contributed by atoms with Crippen molar-refractivity contribution < 1.29 is 58.5 Å². The molecule has 0 saturated heterocycles. The van der Waals surface area contributed by atoms with E-state index in [1.165, 1.54) is 6.92 Å². The van der Waals surface area contributed by atoms with Gasteiger partial charge in [0.2, 0.25) is 0 Å². The van der Waals surface area contributed by atoms with Gasteiger partial charge in [-0.05, 0) is 24.1 Å². The standard InChI is InChI=1S/C22H12F10O3/c1-2-8-3-10(23)16(11(24)4-8)17-15(33)7-12(25)18(19(17)28)22(31,32)35-9-5-13(26)20(14(27)6-9)34-21(29)30/h3-7,21,33H,2H2,1H3. The summed E-state index contributed by atoms with van der Waals surface area (Å²) in [5, 5.41) is 9.88. The first-order valence-electron chi connectivity index (χ1n) is 9.47. The molecular formula is C22H12F10O3. The SMILES string of the molecule is CCc1cc(F)c(-c2c(O)cc(F)c(C(F)(F)Oc3cc(F)c(OC(F)F)c(F)c3)c2F)c(F)c1. The fourth-order valence-corrected chi connectivity index (χ4v) is 3.18. The molecule has 0 aliphatic carbocycles. The summed E-state index contributed by atoms with van der Waals surface area (Å²) < 4.78 is 147. The van der Waals surface area contributed by atoms with E-state index >= 15 is 4.39 Å². The van der Waals surface area contributed by atoms with E-state index in [9.17, 15) is 44.6 Å². The molecule has 3 nitrogen and oxygen atoms in total.